The van der Waals surface area contributed by atoms with Crippen LogP contribution in [0.4, 0.5) is 0 Å². The molecule has 0 saturated heterocycles. The number of hydrogen-bond donors (Lipinski definition) is 0. The van der Waals surface area contributed by atoms with Gasteiger partial charge in [-0.05, 0) is 12.3 Å². The van der Waals surface area contributed by atoms with E-state index in [2.05, 4.69) is 0 Å². The lowest BCUT2D eigenvalue weighted by atomic mass is 10.4. The molecule has 33 valence electrons. The van der Waals surface area contributed by atoms with Crippen molar-refractivity contribution < 1.29 is 5.11 Å². The molecule has 0 unspecified atom stereocenters. The maximum Gasteiger partial charge on any atom is 0.154 e. The SMILES string of the molecule is [O]CN1C=CC1. The Morgan fingerprint density at radius 3 is 2.50 bits per heavy atom. The first kappa shape index (κ1) is 3.68. The summed E-state index contributed by atoms with van der Waals surface area (Å²) in [7, 11) is 0. The number of rotatable bonds is 1. The minimum Gasteiger partial charge on any atom is -0.349 e. The van der Waals surface area contributed by atoms with E-state index in [4.69, 9.17) is 0 Å². The molecule has 6 heavy (non-hydrogen) atoms. The second kappa shape index (κ2) is 1.30. The van der Waals surface area contributed by atoms with E-state index in [1.54, 1.807) is 11.1 Å². The quantitative estimate of drug-likeness (QED) is 0.445. The van der Waals surface area contributed by atoms with Crippen LogP contribution in [0.1, 0.15) is 0 Å². The highest BCUT2D eigenvalue weighted by Crippen LogP contribution is 1.97. The summed E-state index contributed by atoms with van der Waals surface area (Å²) in [6.45, 7) is 0.764. The van der Waals surface area contributed by atoms with Crippen molar-refractivity contribution in [2.24, 2.45) is 0 Å². The van der Waals surface area contributed by atoms with Crippen LogP contribution in [0.5, 0.6) is 0 Å². The van der Waals surface area contributed by atoms with Gasteiger partial charge < -0.3 is 4.90 Å². The molecular weight excluding hydrogens is 78.0 g/mol. The van der Waals surface area contributed by atoms with Crippen molar-refractivity contribution in [3.63, 3.8) is 0 Å². The second-order valence-electron chi connectivity index (χ2n) is 1.29. The Labute approximate surface area is 36.7 Å². The summed E-state index contributed by atoms with van der Waals surface area (Å²) in [6, 6.07) is 0. The molecule has 0 aromatic rings. The summed E-state index contributed by atoms with van der Waals surface area (Å²) in [6.07, 6.45) is 3.75. The smallest absolute Gasteiger partial charge is 0.154 e. The van der Waals surface area contributed by atoms with Gasteiger partial charge in [0, 0.05) is 6.54 Å². The molecule has 0 aliphatic carbocycles. The van der Waals surface area contributed by atoms with Crippen molar-refractivity contribution in [3.8, 4) is 0 Å². The lowest BCUT2D eigenvalue weighted by molar-refractivity contribution is 0.0810. The van der Waals surface area contributed by atoms with E-state index in [1.165, 1.54) is 0 Å². The van der Waals surface area contributed by atoms with Crippen molar-refractivity contribution in [2.75, 3.05) is 13.3 Å². The number of hydrogen-bond acceptors (Lipinski definition) is 1. The first-order chi connectivity index (χ1) is 2.93. The summed E-state index contributed by atoms with van der Waals surface area (Å²) < 4.78 is 0. The number of nitrogens with zero attached hydrogens (tertiary/aromatic N) is 1. The fourth-order valence-corrected chi connectivity index (χ4v) is 0.350. The van der Waals surface area contributed by atoms with Gasteiger partial charge in [0.25, 0.3) is 0 Å². The molecule has 1 radical (unpaired) electrons. The minimum atomic E-state index is -0.0868. The highest BCUT2D eigenvalue weighted by molar-refractivity contribution is 4.95. The predicted molar refractivity (Wildman–Crippen MR) is 21.4 cm³/mol. The van der Waals surface area contributed by atoms with Crippen LogP contribution in [0.15, 0.2) is 12.3 Å². The van der Waals surface area contributed by atoms with Crippen LogP contribution in [0.2, 0.25) is 0 Å². The third-order valence-corrected chi connectivity index (χ3v) is 0.822. The third kappa shape index (κ3) is 0.389. The molecule has 1 aliphatic rings. The lowest BCUT2D eigenvalue weighted by Crippen LogP contribution is -2.24. The van der Waals surface area contributed by atoms with Crippen LogP contribution in [0.25, 0.3) is 0 Å². The molecule has 2 nitrogen and oxygen atoms in total. The van der Waals surface area contributed by atoms with Crippen molar-refractivity contribution in [3.05, 3.63) is 12.3 Å². The Morgan fingerprint density at radius 1 is 1.83 bits per heavy atom. The minimum absolute atomic E-state index is 0.0868. The van der Waals surface area contributed by atoms with Crippen molar-refractivity contribution in [1.29, 1.82) is 0 Å². The van der Waals surface area contributed by atoms with Gasteiger partial charge in [-0.15, -0.1) is 0 Å². The van der Waals surface area contributed by atoms with Crippen LogP contribution < -0.4 is 0 Å². The molecule has 1 heterocycles. The Morgan fingerprint density at radius 2 is 2.50 bits per heavy atom. The van der Waals surface area contributed by atoms with E-state index < -0.39 is 0 Å². The summed E-state index contributed by atoms with van der Waals surface area (Å²) in [5.41, 5.74) is 0. The summed E-state index contributed by atoms with van der Waals surface area (Å²) in [5.74, 6) is 0. The third-order valence-electron chi connectivity index (χ3n) is 0.822. The van der Waals surface area contributed by atoms with E-state index in [9.17, 15) is 5.11 Å². The average molecular weight is 84.1 g/mol. The summed E-state index contributed by atoms with van der Waals surface area (Å²) in [4.78, 5) is 1.69. The molecule has 0 spiro atoms. The van der Waals surface area contributed by atoms with E-state index in [0.29, 0.717) is 0 Å². The molecule has 0 amide bonds. The molecule has 0 bridgehead atoms. The Hall–Kier alpha value is -0.500. The fourth-order valence-electron chi connectivity index (χ4n) is 0.350. The zero-order valence-electron chi connectivity index (χ0n) is 3.42. The zero-order valence-corrected chi connectivity index (χ0v) is 3.42. The van der Waals surface area contributed by atoms with Gasteiger partial charge in [-0.3, -0.25) is 0 Å². The fraction of sp³-hybridized carbons (Fsp3) is 0.500. The van der Waals surface area contributed by atoms with Crippen LogP contribution in [-0.2, 0) is 5.11 Å². The van der Waals surface area contributed by atoms with Crippen LogP contribution in [-0.4, -0.2) is 18.2 Å². The summed E-state index contributed by atoms with van der Waals surface area (Å²) in [5, 5.41) is 9.79. The van der Waals surface area contributed by atoms with Crippen LogP contribution >= 0.6 is 0 Å². The maximum absolute atomic E-state index is 9.79. The molecule has 0 saturated carbocycles. The monoisotopic (exact) mass is 84.0 g/mol. The highest BCUT2D eigenvalue weighted by Gasteiger charge is 1.99. The van der Waals surface area contributed by atoms with Crippen LogP contribution in [0.3, 0.4) is 0 Å². The van der Waals surface area contributed by atoms with Crippen molar-refractivity contribution in [2.45, 2.75) is 0 Å². The predicted octanol–water partition coefficient (Wildman–Crippen LogP) is 0.204. The Balaban J connectivity index is 2.21. The molecule has 2 heteroatoms. The Kier molecular flexibility index (Phi) is 0.801. The van der Waals surface area contributed by atoms with Gasteiger partial charge in [0.2, 0.25) is 0 Å². The van der Waals surface area contributed by atoms with E-state index in [1.807, 2.05) is 6.08 Å². The standard InChI is InChI=1S/C4H6NO/c6-4-5-2-1-3-5/h1-2H,3-4H2. The van der Waals surface area contributed by atoms with E-state index in [0.717, 1.165) is 6.54 Å². The second-order valence-corrected chi connectivity index (χ2v) is 1.29. The molecule has 1 aliphatic heterocycles. The largest absolute Gasteiger partial charge is 0.349 e. The molecular formula is C4H6NO. The van der Waals surface area contributed by atoms with Gasteiger partial charge in [0.1, 0.15) is 0 Å². The Bertz CT molecular complexity index is 69.9. The van der Waals surface area contributed by atoms with Gasteiger partial charge in [-0.1, -0.05) is 0 Å². The molecule has 0 aromatic carbocycles. The van der Waals surface area contributed by atoms with Gasteiger partial charge >= 0.3 is 0 Å². The van der Waals surface area contributed by atoms with Gasteiger partial charge in [0.15, 0.2) is 6.73 Å². The topological polar surface area (TPSA) is 23.1 Å². The van der Waals surface area contributed by atoms with Gasteiger partial charge in [-0.2, -0.15) is 0 Å². The average Bonchev–Trinajstić information content (AvgIpc) is 1.31. The van der Waals surface area contributed by atoms with E-state index in [-0.39, 0.29) is 6.73 Å². The van der Waals surface area contributed by atoms with Crippen molar-refractivity contribution in [1.82, 2.24) is 4.90 Å². The first-order valence-electron chi connectivity index (χ1n) is 1.92. The van der Waals surface area contributed by atoms with Crippen molar-refractivity contribution >= 4 is 0 Å². The lowest BCUT2D eigenvalue weighted by Gasteiger charge is -2.19. The zero-order chi connectivity index (χ0) is 4.41. The molecule has 0 N–H and O–H groups in total. The van der Waals surface area contributed by atoms with E-state index >= 15 is 0 Å². The van der Waals surface area contributed by atoms with Crippen LogP contribution in [0, 0.1) is 0 Å². The first-order valence-corrected chi connectivity index (χ1v) is 1.92. The maximum atomic E-state index is 9.79. The van der Waals surface area contributed by atoms with Gasteiger partial charge in [-0.25, -0.2) is 5.11 Å². The molecule has 1 rings (SSSR count). The molecule has 0 aromatic heterocycles. The normalized spacial score (nSPS) is 17.8. The molecule has 0 atom stereocenters. The highest BCUT2D eigenvalue weighted by atomic mass is 16.3. The molecule has 0 fully saturated rings. The summed E-state index contributed by atoms with van der Waals surface area (Å²) >= 11 is 0. The van der Waals surface area contributed by atoms with Gasteiger partial charge in [0.05, 0.1) is 0 Å².